The zero-order valence-electron chi connectivity index (χ0n) is 22.1. The van der Waals surface area contributed by atoms with Gasteiger partial charge < -0.3 is 14.2 Å². The van der Waals surface area contributed by atoms with Crippen molar-refractivity contribution in [2.24, 2.45) is 11.8 Å². The van der Waals surface area contributed by atoms with Crippen molar-refractivity contribution in [3.63, 3.8) is 0 Å². The van der Waals surface area contributed by atoms with Crippen molar-refractivity contribution in [1.82, 2.24) is 0 Å². The zero-order valence-corrected chi connectivity index (χ0v) is 22.1. The van der Waals surface area contributed by atoms with E-state index in [-0.39, 0.29) is 0 Å². The van der Waals surface area contributed by atoms with E-state index < -0.39 is 5.97 Å². The summed E-state index contributed by atoms with van der Waals surface area (Å²) in [5.74, 6) is 3.40. The molecule has 1 saturated carbocycles. The fourth-order valence-corrected chi connectivity index (χ4v) is 5.20. The molecule has 1 aliphatic carbocycles. The number of hydrogen-bond donors (Lipinski definition) is 0. The van der Waals surface area contributed by atoms with Crippen LogP contribution in [0, 0.1) is 11.8 Å². The molecule has 0 saturated heterocycles. The molecular weight excluding hydrogens is 448 g/mol. The third-order valence-electron chi connectivity index (χ3n) is 7.23. The van der Waals surface area contributed by atoms with Crippen molar-refractivity contribution < 1.29 is 19.0 Å². The maximum absolute atomic E-state index is 12.4. The first kappa shape index (κ1) is 27.8. The highest BCUT2D eigenvalue weighted by Crippen LogP contribution is 2.36. The Morgan fingerprint density at radius 1 is 0.806 bits per heavy atom. The van der Waals surface area contributed by atoms with E-state index in [4.69, 9.17) is 14.2 Å². The Kier molecular flexibility index (Phi) is 12.4. The van der Waals surface area contributed by atoms with E-state index in [9.17, 15) is 4.79 Å². The van der Waals surface area contributed by atoms with Crippen molar-refractivity contribution in [2.45, 2.75) is 84.0 Å². The molecule has 1 aliphatic rings. The molecule has 3 rings (SSSR count). The SMILES string of the molecule is C=CCOc1ccc(C(=O)Oc2ccc(OCCCC3CCCCC3CCCCCCC)cc2)cc1. The number of hydrogen-bond acceptors (Lipinski definition) is 4. The standard InChI is InChI=1S/C32H44O4/c1-3-5-6-7-8-12-26-13-9-10-14-27(26)15-11-25-35-30-20-22-31(23-21-30)36-32(33)28-16-18-29(19-17-28)34-24-4-2/h4,16-23,26-27H,2-3,5-15,24-25H2,1H3. The number of esters is 1. The number of benzene rings is 2. The zero-order chi connectivity index (χ0) is 25.4. The Labute approximate surface area is 218 Å². The summed E-state index contributed by atoms with van der Waals surface area (Å²) in [6.07, 6.45) is 18.0. The van der Waals surface area contributed by atoms with Crippen LogP contribution in [-0.2, 0) is 0 Å². The predicted octanol–water partition coefficient (Wildman–Crippen LogP) is 8.80. The Balaban J connectivity index is 1.36. The lowest BCUT2D eigenvalue weighted by Gasteiger charge is -2.31. The molecule has 4 nitrogen and oxygen atoms in total. The first-order valence-corrected chi connectivity index (χ1v) is 14.0. The topological polar surface area (TPSA) is 44.8 Å². The quantitative estimate of drug-likeness (QED) is 0.102. The van der Waals surface area contributed by atoms with E-state index >= 15 is 0 Å². The van der Waals surface area contributed by atoms with E-state index in [0.29, 0.717) is 23.7 Å². The lowest BCUT2D eigenvalue weighted by molar-refractivity contribution is 0.0734. The van der Waals surface area contributed by atoms with Crippen molar-refractivity contribution >= 4 is 5.97 Å². The van der Waals surface area contributed by atoms with E-state index in [1.165, 1.54) is 70.6 Å². The highest BCUT2D eigenvalue weighted by molar-refractivity contribution is 5.91. The molecule has 2 aromatic rings. The molecule has 0 heterocycles. The second kappa shape index (κ2) is 16.1. The molecule has 0 aromatic heterocycles. The van der Waals surface area contributed by atoms with Gasteiger partial charge in [-0.25, -0.2) is 4.79 Å². The number of carbonyl (C=O) groups is 1. The van der Waals surface area contributed by atoms with Crippen LogP contribution in [0.15, 0.2) is 61.2 Å². The molecular formula is C32H44O4. The van der Waals surface area contributed by atoms with Gasteiger partial charge in [0.2, 0.25) is 0 Å². The number of carbonyl (C=O) groups excluding carboxylic acids is 1. The van der Waals surface area contributed by atoms with Crippen LogP contribution in [0.3, 0.4) is 0 Å². The van der Waals surface area contributed by atoms with E-state index in [2.05, 4.69) is 13.5 Å². The maximum Gasteiger partial charge on any atom is 0.343 e. The third kappa shape index (κ3) is 9.72. The third-order valence-corrected chi connectivity index (χ3v) is 7.23. The highest BCUT2D eigenvalue weighted by atomic mass is 16.5. The molecule has 2 aromatic carbocycles. The smallest absolute Gasteiger partial charge is 0.343 e. The van der Waals surface area contributed by atoms with Crippen LogP contribution < -0.4 is 14.2 Å². The molecule has 0 bridgehead atoms. The van der Waals surface area contributed by atoms with Crippen molar-refractivity contribution in [3.05, 3.63) is 66.7 Å². The van der Waals surface area contributed by atoms with Gasteiger partial charge in [-0.2, -0.15) is 0 Å². The van der Waals surface area contributed by atoms with Crippen LogP contribution in [0.5, 0.6) is 17.2 Å². The summed E-state index contributed by atoms with van der Waals surface area (Å²) < 4.78 is 16.9. The van der Waals surface area contributed by atoms with Gasteiger partial charge in [-0.05, 0) is 73.2 Å². The molecule has 2 unspecified atom stereocenters. The molecule has 1 fully saturated rings. The normalized spacial score (nSPS) is 17.4. The fourth-order valence-electron chi connectivity index (χ4n) is 5.20. The van der Waals surface area contributed by atoms with Crippen molar-refractivity contribution in [2.75, 3.05) is 13.2 Å². The van der Waals surface area contributed by atoms with Gasteiger partial charge in [0.05, 0.1) is 12.2 Å². The van der Waals surface area contributed by atoms with Crippen LogP contribution in [0.1, 0.15) is 94.3 Å². The minimum atomic E-state index is -0.397. The molecule has 0 aliphatic heterocycles. The minimum Gasteiger partial charge on any atom is -0.494 e. The van der Waals surface area contributed by atoms with Crippen LogP contribution in [-0.4, -0.2) is 19.2 Å². The van der Waals surface area contributed by atoms with Gasteiger partial charge in [-0.1, -0.05) is 83.8 Å². The first-order chi connectivity index (χ1) is 17.7. The summed E-state index contributed by atoms with van der Waals surface area (Å²) in [7, 11) is 0. The monoisotopic (exact) mass is 492 g/mol. The van der Waals surface area contributed by atoms with E-state index in [0.717, 1.165) is 30.6 Å². The summed E-state index contributed by atoms with van der Waals surface area (Å²) in [4.78, 5) is 12.4. The summed E-state index contributed by atoms with van der Waals surface area (Å²) in [5, 5.41) is 0. The molecule has 36 heavy (non-hydrogen) atoms. The molecule has 0 N–H and O–H groups in total. The summed E-state index contributed by atoms with van der Waals surface area (Å²) in [5.41, 5.74) is 0.475. The molecule has 0 radical (unpaired) electrons. The van der Waals surface area contributed by atoms with E-state index in [1.54, 1.807) is 42.5 Å². The number of ether oxygens (including phenoxy) is 3. The Hall–Kier alpha value is -2.75. The molecule has 2 atom stereocenters. The molecule has 196 valence electrons. The second-order valence-corrected chi connectivity index (χ2v) is 9.98. The average molecular weight is 493 g/mol. The molecule has 0 amide bonds. The lowest BCUT2D eigenvalue weighted by atomic mass is 9.74. The Morgan fingerprint density at radius 3 is 2.06 bits per heavy atom. The van der Waals surface area contributed by atoms with Crippen molar-refractivity contribution in [3.8, 4) is 17.2 Å². The van der Waals surface area contributed by atoms with Gasteiger partial charge in [0, 0.05) is 0 Å². The van der Waals surface area contributed by atoms with Crippen LogP contribution in [0.4, 0.5) is 0 Å². The summed E-state index contributed by atoms with van der Waals surface area (Å²) in [6, 6.07) is 14.2. The first-order valence-electron chi connectivity index (χ1n) is 14.0. The largest absolute Gasteiger partial charge is 0.494 e. The predicted molar refractivity (Wildman–Crippen MR) is 147 cm³/mol. The number of rotatable bonds is 16. The average Bonchev–Trinajstić information content (AvgIpc) is 2.91. The van der Waals surface area contributed by atoms with Gasteiger partial charge in [-0.15, -0.1) is 0 Å². The fraction of sp³-hybridized carbons (Fsp3) is 0.531. The van der Waals surface area contributed by atoms with E-state index in [1.807, 2.05) is 12.1 Å². The van der Waals surface area contributed by atoms with Gasteiger partial charge in [0.15, 0.2) is 0 Å². The Bertz CT molecular complexity index is 887. The minimum absolute atomic E-state index is 0.397. The maximum atomic E-state index is 12.4. The van der Waals surface area contributed by atoms with Gasteiger partial charge in [0.25, 0.3) is 0 Å². The van der Waals surface area contributed by atoms with Crippen LogP contribution >= 0.6 is 0 Å². The van der Waals surface area contributed by atoms with Crippen LogP contribution in [0.25, 0.3) is 0 Å². The lowest BCUT2D eigenvalue weighted by Crippen LogP contribution is -2.20. The van der Waals surface area contributed by atoms with Crippen LogP contribution in [0.2, 0.25) is 0 Å². The summed E-state index contributed by atoms with van der Waals surface area (Å²) >= 11 is 0. The second-order valence-electron chi connectivity index (χ2n) is 9.98. The molecule has 0 spiro atoms. The highest BCUT2D eigenvalue weighted by Gasteiger charge is 2.24. The molecule has 4 heteroatoms. The number of unbranched alkanes of at least 4 members (excludes halogenated alkanes) is 4. The summed E-state index contributed by atoms with van der Waals surface area (Å²) in [6.45, 7) is 7.07. The van der Waals surface area contributed by atoms with Gasteiger partial charge in [0.1, 0.15) is 23.9 Å². The Morgan fingerprint density at radius 2 is 1.39 bits per heavy atom. The van der Waals surface area contributed by atoms with Gasteiger partial charge in [-0.3, -0.25) is 0 Å². The van der Waals surface area contributed by atoms with Gasteiger partial charge >= 0.3 is 5.97 Å². The van der Waals surface area contributed by atoms with Crippen molar-refractivity contribution in [1.29, 1.82) is 0 Å².